The molecular formula is C12H24N2O3. The second-order valence-electron chi connectivity index (χ2n) is 4.50. The van der Waals surface area contributed by atoms with Gasteiger partial charge in [-0.15, -0.1) is 0 Å². The minimum Gasteiger partial charge on any atom is -0.395 e. The van der Waals surface area contributed by atoms with Crippen LogP contribution in [0.4, 0.5) is 4.79 Å². The summed E-state index contributed by atoms with van der Waals surface area (Å²) in [4.78, 5) is 18.7. The number of hydrogen-bond acceptors (Lipinski definition) is 3. The molecule has 1 aliphatic carbocycles. The molecule has 0 heterocycles. The van der Waals surface area contributed by atoms with Crippen LogP contribution in [0.3, 0.4) is 0 Å². The number of hydrogen-bond donors (Lipinski definition) is 2. The van der Waals surface area contributed by atoms with E-state index in [-0.39, 0.29) is 18.7 Å². The summed E-state index contributed by atoms with van der Waals surface area (Å²) in [6.45, 7) is 3.08. The first kappa shape index (κ1) is 14.3. The molecule has 0 bridgehead atoms. The number of carbonyl (C=O) groups is 1. The number of aliphatic hydroxyl groups excluding tert-OH is 1. The lowest BCUT2D eigenvalue weighted by molar-refractivity contribution is -0.00891. The van der Waals surface area contributed by atoms with Gasteiger partial charge in [-0.1, -0.05) is 26.2 Å². The van der Waals surface area contributed by atoms with E-state index in [4.69, 9.17) is 9.94 Å². The maximum absolute atomic E-state index is 11.8. The van der Waals surface area contributed by atoms with Gasteiger partial charge in [-0.2, -0.15) is 0 Å². The molecule has 0 radical (unpaired) electrons. The fourth-order valence-electron chi connectivity index (χ4n) is 1.99. The van der Waals surface area contributed by atoms with Crippen LogP contribution in [0.1, 0.15) is 45.4 Å². The zero-order valence-electron chi connectivity index (χ0n) is 10.7. The van der Waals surface area contributed by atoms with Gasteiger partial charge in [0, 0.05) is 13.1 Å². The lowest BCUT2D eigenvalue weighted by Gasteiger charge is -2.22. The molecule has 0 atom stereocenters. The second-order valence-corrected chi connectivity index (χ2v) is 4.50. The summed E-state index contributed by atoms with van der Waals surface area (Å²) in [7, 11) is 0. The molecule has 0 unspecified atom stereocenters. The monoisotopic (exact) mass is 244 g/mol. The topological polar surface area (TPSA) is 61.8 Å². The Morgan fingerprint density at radius 2 is 2.12 bits per heavy atom. The highest BCUT2D eigenvalue weighted by Crippen LogP contribution is 2.19. The minimum absolute atomic E-state index is 0.0133. The summed E-state index contributed by atoms with van der Waals surface area (Å²) in [5.74, 6) is 0. The molecule has 0 aromatic carbocycles. The van der Waals surface area contributed by atoms with Gasteiger partial charge in [0.2, 0.25) is 0 Å². The predicted octanol–water partition coefficient (Wildman–Crippen LogP) is 1.66. The van der Waals surface area contributed by atoms with E-state index < -0.39 is 0 Å². The van der Waals surface area contributed by atoms with Gasteiger partial charge in [0.1, 0.15) is 0 Å². The van der Waals surface area contributed by atoms with Crippen molar-refractivity contribution in [1.82, 2.24) is 10.4 Å². The third kappa shape index (κ3) is 5.37. The molecule has 1 rings (SSSR count). The van der Waals surface area contributed by atoms with Crippen molar-refractivity contribution in [3.63, 3.8) is 0 Å². The summed E-state index contributed by atoms with van der Waals surface area (Å²) < 4.78 is 0. The van der Waals surface area contributed by atoms with Crippen LogP contribution in [-0.4, -0.2) is 41.8 Å². The molecule has 1 aliphatic rings. The van der Waals surface area contributed by atoms with E-state index in [0.717, 1.165) is 25.7 Å². The standard InChI is InChI=1S/C12H24N2O3/c1-2-3-8-14(9-10-15)12(16)13-17-11-6-4-5-7-11/h11,15H,2-10H2,1H3,(H,13,16). The van der Waals surface area contributed by atoms with Gasteiger partial charge >= 0.3 is 6.03 Å². The lowest BCUT2D eigenvalue weighted by atomic mass is 10.3. The number of unbranched alkanes of at least 4 members (excludes halogenated alkanes) is 1. The van der Waals surface area contributed by atoms with Crippen molar-refractivity contribution in [2.45, 2.75) is 51.6 Å². The molecule has 2 amide bonds. The zero-order valence-corrected chi connectivity index (χ0v) is 10.7. The van der Waals surface area contributed by atoms with E-state index in [2.05, 4.69) is 12.4 Å². The van der Waals surface area contributed by atoms with Crippen LogP contribution in [0.25, 0.3) is 0 Å². The van der Waals surface area contributed by atoms with Crippen LogP contribution in [0.15, 0.2) is 0 Å². The van der Waals surface area contributed by atoms with Crippen LogP contribution in [-0.2, 0) is 4.84 Å². The number of carbonyl (C=O) groups excluding carboxylic acids is 1. The zero-order chi connectivity index (χ0) is 12.5. The summed E-state index contributed by atoms with van der Waals surface area (Å²) in [5, 5.41) is 8.90. The number of urea groups is 1. The van der Waals surface area contributed by atoms with Gasteiger partial charge < -0.3 is 10.0 Å². The van der Waals surface area contributed by atoms with Gasteiger partial charge in [0.05, 0.1) is 12.7 Å². The van der Waals surface area contributed by atoms with Crippen molar-refractivity contribution >= 4 is 6.03 Å². The summed E-state index contributed by atoms with van der Waals surface area (Å²) >= 11 is 0. The molecule has 5 nitrogen and oxygen atoms in total. The molecule has 17 heavy (non-hydrogen) atoms. The Hall–Kier alpha value is -0.810. The van der Waals surface area contributed by atoms with Gasteiger partial charge in [0.25, 0.3) is 0 Å². The molecule has 0 saturated heterocycles. The van der Waals surface area contributed by atoms with Gasteiger partial charge in [-0.25, -0.2) is 10.3 Å². The van der Waals surface area contributed by atoms with Crippen LogP contribution in [0, 0.1) is 0 Å². The van der Waals surface area contributed by atoms with Crippen molar-refractivity contribution in [2.24, 2.45) is 0 Å². The van der Waals surface area contributed by atoms with E-state index in [9.17, 15) is 4.79 Å². The van der Waals surface area contributed by atoms with Crippen LogP contribution >= 0.6 is 0 Å². The third-order valence-corrected chi connectivity index (χ3v) is 3.05. The molecule has 2 N–H and O–H groups in total. The fraction of sp³-hybridized carbons (Fsp3) is 0.917. The van der Waals surface area contributed by atoms with E-state index >= 15 is 0 Å². The van der Waals surface area contributed by atoms with Crippen molar-refractivity contribution < 1.29 is 14.7 Å². The smallest absolute Gasteiger partial charge is 0.341 e. The molecule has 1 fully saturated rings. The number of aliphatic hydroxyl groups is 1. The normalized spacial score (nSPS) is 16.1. The highest BCUT2D eigenvalue weighted by atomic mass is 16.7. The first-order valence-corrected chi connectivity index (χ1v) is 6.59. The number of nitrogens with one attached hydrogen (secondary N) is 1. The van der Waals surface area contributed by atoms with E-state index in [1.165, 1.54) is 12.8 Å². The Kier molecular flexibility index (Phi) is 6.96. The Morgan fingerprint density at radius 1 is 1.41 bits per heavy atom. The Balaban J connectivity index is 2.24. The Bertz CT molecular complexity index is 218. The van der Waals surface area contributed by atoms with Crippen LogP contribution < -0.4 is 5.48 Å². The van der Waals surface area contributed by atoms with E-state index in [1.807, 2.05) is 0 Å². The summed E-state index contributed by atoms with van der Waals surface area (Å²) in [6.07, 6.45) is 6.54. The van der Waals surface area contributed by atoms with Gasteiger partial charge in [-0.05, 0) is 19.3 Å². The first-order valence-electron chi connectivity index (χ1n) is 6.59. The Morgan fingerprint density at radius 3 is 2.71 bits per heavy atom. The summed E-state index contributed by atoms with van der Waals surface area (Å²) in [6, 6.07) is -0.237. The molecule has 0 aliphatic heterocycles. The van der Waals surface area contributed by atoms with Crippen molar-refractivity contribution in [2.75, 3.05) is 19.7 Å². The number of amides is 2. The maximum Gasteiger partial charge on any atom is 0.341 e. The maximum atomic E-state index is 11.8. The molecule has 5 heteroatoms. The average molecular weight is 244 g/mol. The largest absolute Gasteiger partial charge is 0.395 e. The lowest BCUT2D eigenvalue weighted by Crippen LogP contribution is -2.43. The average Bonchev–Trinajstić information content (AvgIpc) is 2.84. The molecule has 0 aromatic heterocycles. The highest BCUT2D eigenvalue weighted by molar-refractivity contribution is 5.72. The second kappa shape index (κ2) is 8.31. The SMILES string of the molecule is CCCCN(CCO)C(=O)NOC1CCCC1. The molecule has 100 valence electrons. The third-order valence-electron chi connectivity index (χ3n) is 3.05. The molecule has 0 spiro atoms. The van der Waals surface area contributed by atoms with Crippen molar-refractivity contribution in [3.8, 4) is 0 Å². The molecular weight excluding hydrogens is 220 g/mol. The van der Waals surface area contributed by atoms with Gasteiger partial charge in [-0.3, -0.25) is 4.84 Å². The highest BCUT2D eigenvalue weighted by Gasteiger charge is 2.18. The minimum atomic E-state index is -0.237. The number of nitrogens with zero attached hydrogens (tertiary/aromatic N) is 1. The fourth-order valence-corrected chi connectivity index (χ4v) is 1.99. The van der Waals surface area contributed by atoms with Crippen molar-refractivity contribution in [1.29, 1.82) is 0 Å². The summed E-state index contributed by atoms with van der Waals surface area (Å²) in [5.41, 5.74) is 2.49. The van der Waals surface area contributed by atoms with E-state index in [0.29, 0.717) is 13.1 Å². The van der Waals surface area contributed by atoms with Crippen LogP contribution in [0.5, 0.6) is 0 Å². The van der Waals surface area contributed by atoms with Gasteiger partial charge in [0.15, 0.2) is 0 Å². The predicted molar refractivity (Wildman–Crippen MR) is 65.4 cm³/mol. The van der Waals surface area contributed by atoms with Crippen LogP contribution in [0.2, 0.25) is 0 Å². The Labute approximate surface area is 103 Å². The quantitative estimate of drug-likeness (QED) is 0.670. The molecule has 1 saturated carbocycles. The number of hydroxylamine groups is 1. The van der Waals surface area contributed by atoms with Crippen molar-refractivity contribution in [3.05, 3.63) is 0 Å². The van der Waals surface area contributed by atoms with E-state index in [1.54, 1.807) is 4.90 Å². The molecule has 0 aromatic rings. The first-order chi connectivity index (χ1) is 8.27. The number of rotatable bonds is 7.